The molecule has 0 aromatic heterocycles. The molecule has 0 spiro atoms. The van der Waals surface area contributed by atoms with E-state index >= 15 is 0 Å². The molecule has 0 fully saturated rings. The number of nitrogens with two attached hydrogens (primary N) is 1. The third kappa shape index (κ3) is 11.3. The maximum Gasteiger partial charge on any atom is 0.213 e. The van der Waals surface area contributed by atoms with E-state index in [9.17, 15) is 8.42 Å². The second kappa shape index (κ2) is 11.6. The third-order valence-electron chi connectivity index (χ3n) is 4.18. The fourth-order valence-corrected chi connectivity index (χ4v) is 3.57. The lowest BCUT2D eigenvalue weighted by Gasteiger charge is -2.05. The summed E-state index contributed by atoms with van der Waals surface area (Å²) in [7, 11) is -3.44. The van der Waals surface area contributed by atoms with Gasteiger partial charge in [0.1, 0.15) is 0 Å². The minimum absolute atomic E-state index is 0.0706. The van der Waals surface area contributed by atoms with Gasteiger partial charge in [-0.3, -0.25) is 0 Å². The van der Waals surface area contributed by atoms with Crippen molar-refractivity contribution < 1.29 is 8.42 Å². The average Bonchev–Trinajstić information content (AvgIpc) is 2.48. The van der Waals surface area contributed by atoms with Crippen molar-refractivity contribution >= 4 is 10.0 Å². The molecule has 3 nitrogen and oxygen atoms in total. The van der Waals surface area contributed by atoms with Crippen molar-refractivity contribution in [2.75, 3.05) is 0 Å². The Morgan fingerprint density at radius 3 is 1.91 bits per heavy atom. The van der Waals surface area contributed by atoms with E-state index in [2.05, 4.69) is 13.0 Å². The molecule has 132 valence electrons. The van der Waals surface area contributed by atoms with E-state index in [0.717, 1.165) is 12.0 Å². The molecule has 1 aromatic carbocycles. The topological polar surface area (TPSA) is 60.2 Å². The van der Waals surface area contributed by atoms with Gasteiger partial charge >= 0.3 is 0 Å². The number of unbranched alkanes of at least 4 members (excludes halogenated alkanes) is 9. The standard InChI is InChI=1S/C19H33NO2S/c1-2-3-4-5-6-7-8-9-10-11-13-18-14-12-15-19(16-18)17-23(20,21)22/h12,14-16H,2-11,13,17H2,1H3,(H2,20,21,22). The summed E-state index contributed by atoms with van der Waals surface area (Å²) in [5.74, 6) is -0.0706. The van der Waals surface area contributed by atoms with E-state index in [4.69, 9.17) is 5.14 Å². The maximum absolute atomic E-state index is 11.1. The fourth-order valence-electron chi connectivity index (χ4n) is 2.92. The SMILES string of the molecule is CCCCCCCCCCCCc1cccc(CS(N)(=O)=O)c1. The van der Waals surface area contributed by atoms with Gasteiger partial charge in [0.2, 0.25) is 10.0 Å². The zero-order chi connectivity index (χ0) is 17.0. The molecule has 4 heteroatoms. The number of primary sulfonamides is 1. The smallest absolute Gasteiger partial charge is 0.213 e. The van der Waals surface area contributed by atoms with Crippen molar-refractivity contribution in [2.45, 2.75) is 83.3 Å². The lowest BCUT2D eigenvalue weighted by molar-refractivity contribution is 0.556. The van der Waals surface area contributed by atoms with Crippen molar-refractivity contribution in [1.29, 1.82) is 0 Å². The highest BCUT2D eigenvalue weighted by molar-refractivity contribution is 7.88. The minimum atomic E-state index is -3.44. The van der Waals surface area contributed by atoms with E-state index in [1.807, 2.05) is 18.2 Å². The van der Waals surface area contributed by atoms with Crippen LogP contribution in [0.15, 0.2) is 24.3 Å². The van der Waals surface area contributed by atoms with Gasteiger partial charge in [-0.05, 0) is 24.0 Å². The Morgan fingerprint density at radius 1 is 0.826 bits per heavy atom. The Morgan fingerprint density at radius 2 is 1.35 bits per heavy atom. The molecule has 1 aromatic rings. The number of rotatable bonds is 13. The van der Waals surface area contributed by atoms with Crippen LogP contribution < -0.4 is 5.14 Å². The van der Waals surface area contributed by atoms with Gasteiger partial charge < -0.3 is 0 Å². The maximum atomic E-state index is 11.1. The molecule has 2 N–H and O–H groups in total. The number of hydrogen-bond donors (Lipinski definition) is 1. The molecule has 0 atom stereocenters. The van der Waals surface area contributed by atoms with Crippen molar-refractivity contribution in [3.8, 4) is 0 Å². The highest BCUT2D eigenvalue weighted by Crippen LogP contribution is 2.14. The Bertz CT molecular complexity index is 526. The molecular weight excluding hydrogens is 306 g/mol. The zero-order valence-corrected chi connectivity index (χ0v) is 15.4. The van der Waals surface area contributed by atoms with Gasteiger partial charge in [0, 0.05) is 0 Å². The normalized spacial score (nSPS) is 11.7. The number of sulfonamides is 1. The largest absolute Gasteiger partial charge is 0.228 e. The van der Waals surface area contributed by atoms with Crippen LogP contribution >= 0.6 is 0 Å². The van der Waals surface area contributed by atoms with Gasteiger partial charge in [0.15, 0.2) is 0 Å². The van der Waals surface area contributed by atoms with Crippen LogP contribution in [0.2, 0.25) is 0 Å². The van der Waals surface area contributed by atoms with E-state index in [1.54, 1.807) is 0 Å². The number of hydrogen-bond acceptors (Lipinski definition) is 2. The van der Waals surface area contributed by atoms with Crippen molar-refractivity contribution in [3.05, 3.63) is 35.4 Å². The number of aryl methyl sites for hydroxylation is 1. The summed E-state index contributed by atoms with van der Waals surface area (Å²) in [5, 5.41) is 5.10. The third-order valence-corrected chi connectivity index (χ3v) is 4.91. The second-order valence-corrected chi connectivity index (χ2v) is 8.17. The first-order chi connectivity index (χ1) is 11.0. The zero-order valence-electron chi connectivity index (χ0n) is 14.6. The van der Waals surface area contributed by atoms with Gasteiger partial charge in [-0.15, -0.1) is 0 Å². The van der Waals surface area contributed by atoms with Crippen LogP contribution in [0.5, 0.6) is 0 Å². The molecule has 0 saturated heterocycles. The van der Waals surface area contributed by atoms with E-state index in [1.165, 1.54) is 69.8 Å². The first-order valence-electron chi connectivity index (χ1n) is 9.09. The molecule has 23 heavy (non-hydrogen) atoms. The van der Waals surface area contributed by atoms with Crippen LogP contribution in [-0.2, 0) is 22.2 Å². The Hall–Kier alpha value is -0.870. The molecule has 0 amide bonds. The van der Waals surface area contributed by atoms with Gasteiger partial charge in [0.05, 0.1) is 5.75 Å². The molecule has 0 radical (unpaired) electrons. The summed E-state index contributed by atoms with van der Waals surface area (Å²) in [5.41, 5.74) is 2.00. The van der Waals surface area contributed by atoms with E-state index < -0.39 is 10.0 Å². The quantitative estimate of drug-likeness (QED) is 0.517. The Kier molecular flexibility index (Phi) is 10.2. The summed E-state index contributed by atoms with van der Waals surface area (Å²) >= 11 is 0. The molecule has 1 rings (SSSR count). The Balaban J connectivity index is 2.11. The lowest BCUT2D eigenvalue weighted by Crippen LogP contribution is -2.14. The van der Waals surface area contributed by atoms with Gasteiger partial charge in [-0.1, -0.05) is 89.0 Å². The van der Waals surface area contributed by atoms with Crippen LogP contribution in [0.3, 0.4) is 0 Å². The minimum Gasteiger partial charge on any atom is -0.228 e. The van der Waals surface area contributed by atoms with Crippen LogP contribution in [0.25, 0.3) is 0 Å². The first kappa shape index (κ1) is 20.2. The Labute approximate surface area is 142 Å². The molecule has 0 aliphatic heterocycles. The van der Waals surface area contributed by atoms with Gasteiger partial charge in [0.25, 0.3) is 0 Å². The summed E-state index contributed by atoms with van der Waals surface area (Å²) in [6.07, 6.45) is 14.3. The van der Waals surface area contributed by atoms with E-state index in [-0.39, 0.29) is 5.75 Å². The highest BCUT2D eigenvalue weighted by Gasteiger charge is 2.05. The molecule has 0 saturated carbocycles. The van der Waals surface area contributed by atoms with Crippen LogP contribution in [0.1, 0.15) is 82.3 Å². The molecule has 0 bridgehead atoms. The lowest BCUT2D eigenvalue weighted by atomic mass is 10.0. The predicted octanol–water partition coefficient (Wildman–Crippen LogP) is 4.94. The van der Waals surface area contributed by atoms with Gasteiger partial charge in [-0.25, -0.2) is 13.6 Å². The fraction of sp³-hybridized carbons (Fsp3) is 0.684. The summed E-state index contributed by atoms with van der Waals surface area (Å²) in [4.78, 5) is 0. The highest BCUT2D eigenvalue weighted by atomic mass is 32.2. The molecule has 0 heterocycles. The van der Waals surface area contributed by atoms with Crippen molar-refractivity contribution in [1.82, 2.24) is 0 Å². The van der Waals surface area contributed by atoms with Crippen molar-refractivity contribution in [2.24, 2.45) is 5.14 Å². The van der Waals surface area contributed by atoms with Crippen molar-refractivity contribution in [3.63, 3.8) is 0 Å². The summed E-state index contributed by atoms with van der Waals surface area (Å²) < 4.78 is 22.3. The van der Waals surface area contributed by atoms with Crippen LogP contribution in [0, 0.1) is 0 Å². The average molecular weight is 340 g/mol. The van der Waals surface area contributed by atoms with Crippen LogP contribution in [0.4, 0.5) is 0 Å². The molecule has 0 aliphatic carbocycles. The molecule has 0 unspecified atom stereocenters. The predicted molar refractivity (Wildman–Crippen MR) is 98.8 cm³/mol. The second-order valence-electron chi connectivity index (χ2n) is 6.56. The molecule has 0 aliphatic rings. The van der Waals surface area contributed by atoms with E-state index in [0.29, 0.717) is 0 Å². The monoisotopic (exact) mass is 339 g/mol. The summed E-state index contributed by atoms with van der Waals surface area (Å²) in [6.45, 7) is 2.25. The summed E-state index contributed by atoms with van der Waals surface area (Å²) in [6, 6.07) is 7.79. The van der Waals surface area contributed by atoms with Gasteiger partial charge in [-0.2, -0.15) is 0 Å². The molecular formula is C19H33NO2S. The first-order valence-corrected chi connectivity index (χ1v) is 10.8. The number of benzene rings is 1. The van der Waals surface area contributed by atoms with Crippen LogP contribution in [-0.4, -0.2) is 8.42 Å².